The Kier molecular flexibility index (Phi) is 4.63. The molecule has 2 aromatic heterocycles. The Labute approximate surface area is 157 Å². The van der Waals surface area contributed by atoms with Crippen molar-refractivity contribution in [2.24, 2.45) is 0 Å². The van der Waals surface area contributed by atoms with Crippen molar-refractivity contribution >= 4 is 11.0 Å². The largest absolute Gasteiger partial charge is 0.394 e. The van der Waals surface area contributed by atoms with Crippen molar-refractivity contribution in [3.05, 3.63) is 62.6 Å². The molecule has 1 aliphatic heterocycles. The van der Waals surface area contributed by atoms with Crippen LogP contribution in [0.15, 0.2) is 44.6 Å². The molecule has 0 spiro atoms. The number of fused-ring (bicyclic) bond motifs is 1. The molecule has 3 aromatic rings. The average molecular weight is 389 g/mol. The minimum absolute atomic E-state index is 0.135. The zero-order chi connectivity index (χ0) is 20.0. The highest BCUT2D eigenvalue weighted by atomic mass is 16.6. The molecule has 10 heteroatoms. The molecule has 0 amide bonds. The van der Waals surface area contributed by atoms with E-state index in [9.17, 15) is 24.9 Å². The predicted octanol–water partition coefficient (Wildman–Crippen LogP) is -0.881. The predicted molar refractivity (Wildman–Crippen MR) is 95.8 cm³/mol. The third kappa shape index (κ3) is 2.87. The van der Waals surface area contributed by atoms with Gasteiger partial charge in [0.05, 0.1) is 13.2 Å². The normalized spacial score (nSPS) is 24.9. The lowest BCUT2D eigenvalue weighted by molar-refractivity contribution is -0.0555. The lowest BCUT2D eigenvalue weighted by Gasteiger charge is -2.18. The number of aryl methyl sites for hydroxylation is 1. The number of aliphatic hydroxyl groups excluding tert-OH is 3. The van der Waals surface area contributed by atoms with E-state index < -0.39 is 42.4 Å². The number of hydrogen-bond donors (Lipinski definition) is 3. The van der Waals surface area contributed by atoms with E-state index in [2.05, 4.69) is 5.16 Å². The van der Waals surface area contributed by atoms with Crippen LogP contribution < -0.4 is 11.2 Å². The summed E-state index contributed by atoms with van der Waals surface area (Å²) >= 11 is 0. The zero-order valence-electron chi connectivity index (χ0n) is 14.9. The van der Waals surface area contributed by atoms with Crippen LogP contribution in [0, 0.1) is 6.92 Å². The Bertz CT molecular complexity index is 1130. The monoisotopic (exact) mass is 389 g/mol. The number of hydrogen-bond acceptors (Lipinski definition) is 8. The maximum Gasteiger partial charge on any atom is 0.333 e. The Hall–Kier alpha value is -2.79. The highest BCUT2D eigenvalue weighted by Gasteiger charge is 2.43. The van der Waals surface area contributed by atoms with E-state index in [1.54, 1.807) is 6.07 Å². The number of nitrogens with zero attached hydrogens (tertiary/aromatic N) is 3. The van der Waals surface area contributed by atoms with E-state index >= 15 is 0 Å². The molecule has 4 rings (SSSR count). The van der Waals surface area contributed by atoms with Gasteiger partial charge >= 0.3 is 5.69 Å². The van der Waals surface area contributed by atoms with Crippen molar-refractivity contribution in [1.82, 2.24) is 14.3 Å². The molecule has 4 atom stereocenters. The molecule has 3 N–H and O–H groups in total. The first-order chi connectivity index (χ1) is 13.4. The molecule has 1 aliphatic rings. The molecule has 10 nitrogen and oxygen atoms in total. The molecule has 1 saturated heterocycles. The van der Waals surface area contributed by atoms with E-state index in [4.69, 9.17) is 9.26 Å². The first-order valence-electron chi connectivity index (χ1n) is 8.70. The quantitative estimate of drug-likeness (QED) is 0.523. The number of ether oxygens (including phenoxy) is 1. The van der Waals surface area contributed by atoms with Gasteiger partial charge in [0.2, 0.25) is 0 Å². The molecule has 148 valence electrons. The van der Waals surface area contributed by atoms with Gasteiger partial charge in [-0.2, -0.15) is 0 Å². The fourth-order valence-corrected chi connectivity index (χ4v) is 3.40. The molecular formula is C18H19N3O7. The maximum atomic E-state index is 12.9. The standard InChI is InChI=1S/C18H19N3O7/c1-9-3-2-4-10-11(19-28-16(9)10)7-21-13(23)5-6-20(18(21)26)17-15(25)14(24)12(8-22)27-17/h2-6,12,14-15,17,22,24-25H,7-8H2,1H3/t12-,14+,15+,17-/m1/s1. The molecule has 0 radical (unpaired) electrons. The van der Waals surface area contributed by atoms with Gasteiger partial charge in [-0.25, -0.2) is 4.79 Å². The molecule has 28 heavy (non-hydrogen) atoms. The van der Waals surface area contributed by atoms with Gasteiger partial charge in [0.1, 0.15) is 24.0 Å². The first kappa shape index (κ1) is 18.6. The van der Waals surface area contributed by atoms with E-state index in [-0.39, 0.29) is 6.54 Å². The number of benzene rings is 1. The van der Waals surface area contributed by atoms with Crippen molar-refractivity contribution in [3.8, 4) is 0 Å². The van der Waals surface area contributed by atoms with Gasteiger partial charge in [0.15, 0.2) is 11.8 Å². The topological polar surface area (TPSA) is 140 Å². The molecule has 3 heterocycles. The molecule has 1 fully saturated rings. The second-order valence-corrected chi connectivity index (χ2v) is 6.74. The van der Waals surface area contributed by atoms with Crippen LogP contribution in [0.5, 0.6) is 0 Å². The second kappa shape index (κ2) is 6.99. The van der Waals surface area contributed by atoms with Crippen molar-refractivity contribution in [2.75, 3.05) is 6.61 Å². The third-order valence-electron chi connectivity index (χ3n) is 4.96. The summed E-state index contributed by atoms with van der Waals surface area (Å²) < 4.78 is 12.7. The minimum Gasteiger partial charge on any atom is -0.394 e. The van der Waals surface area contributed by atoms with Crippen LogP contribution in [0.25, 0.3) is 11.0 Å². The Balaban J connectivity index is 1.75. The fraction of sp³-hybridized carbons (Fsp3) is 0.389. The fourth-order valence-electron chi connectivity index (χ4n) is 3.40. The number of aliphatic hydroxyl groups is 3. The van der Waals surface area contributed by atoms with E-state index in [1.165, 1.54) is 6.20 Å². The summed E-state index contributed by atoms with van der Waals surface area (Å²) in [6.07, 6.45) is -3.87. The average Bonchev–Trinajstić information content (AvgIpc) is 3.22. The lowest BCUT2D eigenvalue weighted by Crippen LogP contribution is -2.43. The van der Waals surface area contributed by atoms with E-state index in [1.807, 2.05) is 19.1 Å². The highest BCUT2D eigenvalue weighted by molar-refractivity contribution is 5.82. The summed E-state index contributed by atoms with van der Waals surface area (Å²) in [4.78, 5) is 25.2. The minimum atomic E-state index is -1.43. The SMILES string of the molecule is Cc1cccc2c(Cn3c(=O)ccn([C@@H]4O[C@H](CO)[C@H](O)[C@@H]4O)c3=O)noc12. The van der Waals surface area contributed by atoms with Gasteiger partial charge in [0, 0.05) is 17.6 Å². The summed E-state index contributed by atoms with van der Waals surface area (Å²) in [6.45, 7) is 1.21. The van der Waals surface area contributed by atoms with Gasteiger partial charge < -0.3 is 24.6 Å². The van der Waals surface area contributed by atoms with Crippen LogP contribution in [-0.2, 0) is 11.3 Å². The van der Waals surface area contributed by atoms with Gasteiger partial charge in [-0.1, -0.05) is 17.3 Å². The van der Waals surface area contributed by atoms with Gasteiger partial charge in [-0.05, 0) is 18.6 Å². The summed E-state index contributed by atoms with van der Waals surface area (Å²) in [7, 11) is 0. The van der Waals surface area contributed by atoms with Gasteiger partial charge in [-0.3, -0.25) is 13.9 Å². The molecule has 1 aromatic carbocycles. The summed E-state index contributed by atoms with van der Waals surface area (Å²) in [6, 6.07) is 6.63. The van der Waals surface area contributed by atoms with Gasteiger partial charge in [0.25, 0.3) is 5.56 Å². The van der Waals surface area contributed by atoms with Crippen LogP contribution in [0.2, 0.25) is 0 Å². The second-order valence-electron chi connectivity index (χ2n) is 6.74. The summed E-state index contributed by atoms with van der Waals surface area (Å²) in [5.41, 5.74) is 0.561. The molecule has 0 bridgehead atoms. The van der Waals surface area contributed by atoms with Crippen molar-refractivity contribution in [3.63, 3.8) is 0 Å². The van der Waals surface area contributed by atoms with Crippen LogP contribution in [0.1, 0.15) is 17.5 Å². The molecule has 0 aliphatic carbocycles. The molecular weight excluding hydrogens is 370 g/mol. The van der Waals surface area contributed by atoms with Crippen LogP contribution >= 0.6 is 0 Å². The summed E-state index contributed by atoms with van der Waals surface area (Å²) in [5.74, 6) is 0. The zero-order valence-corrected chi connectivity index (χ0v) is 14.9. The Morgan fingerprint density at radius 2 is 1.96 bits per heavy atom. The van der Waals surface area contributed by atoms with E-state index in [0.29, 0.717) is 16.7 Å². The number of aromatic nitrogens is 3. The van der Waals surface area contributed by atoms with Crippen molar-refractivity contribution < 1.29 is 24.6 Å². The van der Waals surface area contributed by atoms with Crippen LogP contribution in [0.3, 0.4) is 0 Å². The Morgan fingerprint density at radius 1 is 1.18 bits per heavy atom. The smallest absolute Gasteiger partial charge is 0.333 e. The lowest BCUT2D eigenvalue weighted by atomic mass is 10.1. The maximum absolute atomic E-state index is 12.9. The van der Waals surface area contributed by atoms with Crippen LogP contribution in [-0.4, -0.2) is 54.5 Å². The van der Waals surface area contributed by atoms with Crippen molar-refractivity contribution in [2.45, 2.75) is 38.0 Å². The third-order valence-corrected chi connectivity index (χ3v) is 4.96. The summed E-state index contributed by atoms with van der Waals surface area (Å²) in [5, 5.41) is 34.0. The molecule has 0 unspecified atom stereocenters. The number of rotatable bonds is 4. The molecule has 0 saturated carbocycles. The van der Waals surface area contributed by atoms with Crippen molar-refractivity contribution in [1.29, 1.82) is 0 Å². The van der Waals surface area contributed by atoms with Crippen LogP contribution in [0.4, 0.5) is 0 Å². The first-order valence-corrected chi connectivity index (χ1v) is 8.70. The van der Waals surface area contributed by atoms with E-state index in [0.717, 1.165) is 20.8 Å². The number of para-hydroxylation sites is 1. The van der Waals surface area contributed by atoms with Gasteiger partial charge in [-0.15, -0.1) is 0 Å². The highest BCUT2D eigenvalue weighted by Crippen LogP contribution is 2.28. The Morgan fingerprint density at radius 3 is 2.68 bits per heavy atom.